The average Bonchev–Trinajstić information content (AvgIpc) is 3.21. The number of carbonyl (C=O) groups is 1. The molecular weight excluding hydrogens is 351 g/mol. The Labute approximate surface area is 145 Å². The molecule has 3 rings (SSSR count). The van der Waals surface area contributed by atoms with Crippen molar-refractivity contribution in [1.29, 1.82) is 0 Å². The number of halogens is 1. The third-order valence-electron chi connectivity index (χ3n) is 3.02. The van der Waals surface area contributed by atoms with E-state index < -0.39 is 0 Å². The van der Waals surface area contributed by atoms with E-state index in [1.165, 1.54) is 35.2 Å². The maximum atomic E-state index is 12.8. The zero-order valence-corrected chi connectivity index (χ0v) is 14.3. The van der Waals surface area contributed by atoms with Gasteiger partial charge in [-0.3, -0.25) is 4.79 Å². The van der Waals surface area contributed by atoms with E-state index in [0.29, 0.717) is 17.3 Å². The zero-order chi connectivity index (χ0) is 16.9. The summed E-state index contributed by atoms with van der Waals surface area (Å²) in [6.07, 6.45) is 1.62. The minimum Gasteiger partial charge on any atom is -0.346 e. The van der Waals surface area contributed by atoms with Crippen LogP contribution in [0.2, 0.25) is 0 Å². The van der Waals surface area contributed by atoms with Gasteiger partial charge >= 0.3 is 0 Å². The molecule has 0 saturated heterocycles. The van der Waals surface area contributed by atoms with Gasteiger partial charge in [-0.2, -0.15) is 0 Å². The molecule has 1 N–H and O–H groups in total. The van der Waals surface area contributed by atoms with Crippen LogP contribution in [0.1, 0.15) is 20.4 Å². The van der Waals surface area contributed by atoms with Crippen molar-refractivity contribution in [3.8, 4) is 0 Å². The molecule has 7 nitrogen and oxygen atoms in total. The number of nitrogens with one attached hydrogen (secondary N) is 1. The van der Waals surface area contributed by atoms with Crippen LogP contribution >= 0.6 is 23.1 Å². The Morgan fingerprint density at radius 3 is 2.79 bits per heavy atom. The number of amides is 1. The number of carbonyl (C=O) groups excluding carboxylic acids is 1. The Kier molecular flexibility index (Phi) is 5.16. The van der Waals surface area contributed by atoms with Crippen LogP contribution in [0.5, 0.6) is 0 Å². The van der Waals surface area contributed by atoms with Gasteiger partial charge in [0.15, 0.2) is 5.16 Å². The van der Waals surface area contributed by atoms with Crippen molar-refractivity contribution in [2.24, 2.45) is 7.05 Å². The number of nitrogens with zero attached hydrogens (tertiary/aromatic N) is 5. The van der Waals surface area contributed by atoms with Crippen molar-refractivity contribution in [3.63, 3.8) is 0 Å². The number of aromatic nitrogens is 5. The van der Waals surface area contributed by atoms with Crippen LogP contribution in [0.4, 0.5) is 4.39 Å². The predicted molar refractivity (Wildman–Crippen MR) is 88.0 cm³/mol. The average molecular weight is 364 g/mol. The molecule has 2 heterocycles. The van der Waals surface area contributed by atoms with Gasteiger partial charge in [-0.15, -0.1) is 20.4 Å². The highest BCUT2D eigenvalue weighted by Crippen LogP contribution is 2.22. The van der Waals surface area contributed by atoms with Crippen molar-refractivity contribution in [1.82, 2.24) is 30.3 Å². The summed E-state index contributed by atoms with van der Waals surface area (Å²) in [5.74, 6) is -0.0406. The first-order valence-corrected chi connectivity index (χ1v) is 8.74. The number of rotatable bonds is 6. The van der Waals surface area contributed by atoms with Gasteiger partial charge in [0.1, 0.15) is 17.2 Å². The van der Waals surface area contributed by atoms with Gasteiger partial charge in [0, 0.05) is 13.6 Å². The second-order valence-electron chi connectivity index (χ2n) is 4.82. The van der Waals surface area contributed by atoms with Gasteiger partial charge in [-0.1, -0.05) is 35.2 Å². The van der Waals surface area contributed by atoms with Crippen LogP contribution in [-0.2, 0) is 19.3 Å². The lowest BCUT2D eigenvalue weighted by molar-refractivity contribution is 0.0950. The van der Waals surface area contributed by atoms with E-state index in [4.69, 9.17) is 0 Å². The molecule has 0 saturated carbocycles. The van der Waals surface area contributed by atoms with Crippen molar-refractivity contribution < 1.29 is 9.18 Å². The Hall–Kier alpha value is -2.33. The predicted octanol–water partition coefficient (Wildman–Crippen LogP) is 2.03. The first-order chi connectivity index (χ1) is 11.6. The standard InChI is InChI=1S/C14H13FN6OS2/c1-21-8-17-20-14(21)23-7-11-18-19-13(24-11)12(22)16-6-9-2-4-10(15)5-3-9/h2-5,8H,6-7H2,1H3,(H,16,22). The quantitative estimate of drug-likeness (QED) is 0.674. The van der Waals surface area contributed by atoms with Gasteiger partial charge in [-0.25, -0.2) is 4.39 Å². The molecule has 124 valence electrons. The molecular formula is C14H13FN6OS2. The number of thioether (sulfide) groups is 1. The van der Waals surface area contributed by atoms with E-state index in [0.717, 1.165) is 15.7 Å². The van der Waals surface area contributed by atoms with Crippen molar-refractivity contribution >= 4 is 29.0 Å². The number of hydrogen-bond donors (Lipinski definition) is 1. The molecule has 10 heteroatoms. The first kappa shape index (κ1) is 16.5. The van der Waals surface area contributed by atoms with Gasteiger partial charge in [0.2, 0.25) is 5.01 Å². The minimum atomic E-state index is -0.306. The maximum absolute atomic E-state index is 12.8. The minimum absolute atomic E-state index is 0.297. The molecule has 0 radical (unpaired) electrons. The van der Waals surface area contributed by atoms with E-state index in [-0.39, 0.29) is 11.7 Å². The highest BCUT2D eigenvalue weighted by molar-refractivity contribution is 7.98. The monoisotopic (exact) mass is 364 g/mol. The summed E-state index contributed by atoms with van der Waals surface area (Å²) in [7, 11) is 1.86. The molecule has 0 atom stereocenters. The van der Waals surface area contributed by atoms with E-state index in [2.05, 4.69) is 25.7 Å². The third-order valence-corrected chi connectivity index (χ3v) is 5.17. The van der Waals surface area contributed by atoms with Crippen LogP contribution in [-0.4, -0.2) is 30.9 Å². The van der Waals surface area contributed by atoms with Crippen molar-refractivity contribution in [2.75, 3.05) is 0 Å². The van der Waals surface area contributed by atoms with Gasteiger partial charge in [0.05, 0.1) is 5.75 Å². The van der Waals surface area contributed by atoms with Crippen molar-refractivity contribution in [3.05, 3.63) is 52.0 Å². The molecule has 0 fully saturated rings. The fraction of sp³-hybridized carbons (Fsp3) is 0.214. The highest BCUT2D eigenvalue weighted by atomic mass is 32.2. The molecule has 0 aliphatic heterocycles. The summed E-state index contributed by atoms with van der Waals surface area (Å²) in [6.45, 7) is 0.307. The maximum Gasteiger partial charge on any atom is 0.282 e. The summed E-state index contributed by atoms with van der Waals surface area (Å²) in [4.78, 5) is 12.1. The van der Waals surface area contributed by atoms with E-state index in [1.54, 1.807) is 18.5 Å². The zero-order valence-electron chi connectivity index (χ0n) is 12.6. The van der Waals surface area contributed by atoms with E-state index >= 15 is 0 Å². The Balaban J connectivity index is 1.53. The molecule has 0 aliphatic carbocycles. The molecule has 0 bridgehead atoms. The molecule has 1 aromatic carbocycles. The van der Waals surface area contributed by atoms with Crippen LogP contribution in [0, 0.1) is 5.82 Å². The number of hydrogen-bond acceptors (Lipinski definition) is 7. The molecule has 0 aliphatic rings. The summed E-state index contributed by atoms with van der Waals surface area (Å²) < 4.78 is 14.6. The molecule has 3 aromatic rings. The third kappa shape index (κ3) is 4.15. The van der Waals surface area contributed by atoms with Gasteiger partial charge in [-0.05, 0) is 17.7 Å². The molecule has 24 heavy (non-hydrogen) atoms. The second kappa shape index (κ2) is 7.49. The van der Waals surface area contributed by atoms with Gasteiger partial charge < -0.3 is 9.88 Å². The van der Waals surface area contributed by atoms with Crippen molar-refractivity contribution in [2.45, 2.75) is 17.5 Å². The normalized spacial score (nSPS) is 10.8. The number of aryl methyl sites for hydroxylation is 1. The van der Waals surface area contributed by atoms with Crippen LogP contribution in [0.25, 0.3) is 0 Å². The van der Waals surface area contributed by atoms with Gasteiger partial charge in [0.25, 0.3) is 5.91 Å². The fourth-order valence-corrected chi connectivity index (χ4v) is 3.42. The summed E-state index contributed by atoms with van der Waals surface area (Å²) in [5, 5.41) is 20.2. The second-order valence-corrected chi connectivity index (χ2v) is 6.83. The summed E-state index contributed by atoms with van der Waals surface area (Å²) in [6, 6.07) is 5.96. The Morgan fingerprint density at radius 2 is 2.08 bits per heavy atom. The lowest BCUT2D eigenvalue weighted by Crippen LogP contribution is -2.22. The molecule has 0 spiro atoms. The van der Waals surface area contributed by atoms with Crippen LogP contribution in [0.15, 0.2) is 35.7 Å². The van der Waals surface area contributed by atoms with E-state index in [1.807, 2.05) is 11.6 Å². The van der Waals surface area contributed by atoms with Crippen LogP contribution < -0.4 is 5.32 Å². The number of benzene rings is 1. The highest BCUT2D eigenvalue weighted by Gasteiger charge is 2.13. The molecule has 2 aromatic heterocycles. The lowest BCUT2D eigenvalue weighted by atomic mass is 10.2. The summed E-state index contributed by atoms with van der Waals surface area (Å²) >= 11 is 2.71. The SMILES string of the molecule is Cn1cnnc1SCc1nnc(C(=O)NCc2ccc(F)cc2)s1. The summed E-state index contributed by atoms with van der Waals surface area (Å²) in [5.41, 5.74) is 0.812. The first-order valence-electron chi connectivity index (χ1n) is 6.93. The topological polar surface area (TPSA) is 85.6 Å². The Morgan fingerprint density at radius 1 is 1.29 bits per heavy atom. The largest absolute Gasteiger partial charge is 0.346 e. The molecule has 1 amide bonds. The smallest absolute Gasteiger partial charge is 0.282 e. The van der Waals surface area contributed by atoms with E-state index in [9.17, 15) is 9.18 Å². The Bertz CT molecular complexity index is 832. The lowest BCUT2D eigenvalue weighted by Gasteiger charge is -2.02. The fourth-order valence-electron chi connectivity index (χ4n) is 1.79. The molecule has 0 unspecified atom stereocenters. The van der Waals surface area contributed by atoms with Crippen LogP contribution in [0.3, 0.4) is 0 Å².